The van der Waals surface area contributed by atoms with E-state index in [1.165, 1.54) is 12.1 Å². The largest absolute Gasteiger partial charge is 0.467 e. The first-order valence-corrected chi connectivity index (χ1v) is 12.5. The van der Waals surface area contributed by atoms with Crippen molar-refractivity contribution in [3.05, 3.63) is 47.7 Å². The highest BCUT2D eigenvalue weighted by Crippen LogP contribution is 2.51. The third-order valence-corrected chi connectivity index (χ3v) is 7.97. The average Bonchev–Trinajstić information content (AvgIpc) is 3.66. The average molecular weight is 555 g/mol. The topological polar surface area (TPSA) is 132 Å². The predicted molar refractivity (Wildman–Crippen MR) is 133 cm³/mol. The maximum atomic E-state index is 15.2. The smallest absolute Gasteiger partial charge is 0.422 e. The molecule has 1 aliphatic heterocycles. The van der Waals surface area contributed by atoms with Gasteiger partial charge < -0.3 is 21.1 Å². The van der Waals surface area contributed by atoms with Gasteiger partial charge in [0.1, 0.15) is 16.3 Å². The van der Waals surface area contributed by atoms with E-state index in [0.717, 1.165) is 43.1 Å². The number of ether oxygens (including phenoxy) is 1. The minimum absolute atomic E-state index is 0.124. The Hall–Kier alpha value is -3.42. The molecule has 2 amide bonds. The van der Waals surface area contributed by atoms with Gasteiger partial charge in [0.05, 0.1) is 17.9 Å². The molecule has 14 heteroatoms. The summed E-state index contributed by atoms with van der Waals surface area (Å²) in [5.41, 5.74) is 5.01. The van der Waals surface area contributed by atoms with Crippen LogP contribution in [-0.2, 0) is 10.3 Å². The Morgan fingerprint density at radius 1 is 1.21 bits per heavy atom. The number of thioether (sulfide) groups is 1. The third kappa shape index (κ3) is 5.84. The quantitative estimate of drug-likeness (QED) is 0.444. The molecule has 4 N–H and O–H groups in total. The molecule has 1 aromatic carbocycles. The minimum Gasteiger partial charge on any atom is -0.467 e. The maximum Gasteiger partial charge on any atom is 0.422 e. The second-order valence-corrected chi connectivity index (χ2v) is 11.0. The number of amides is 2. The van der Waals surface area contributed by atoms with Crippen molar-refractivity contribution >= 4 is 34.4 Å². The van der Waals surface area contributed by atoms with Gasteiger partial charge in [0.15, 0.2) is 11.8 Å². The van der Waals surface area contributed by atoms with Crippen LogP contribution in [0.1, 0.15) is 49.7 Å². The summed E-state index contributed by atoms with van der Waals surface area (Å²) >= 11 is 1.13. The van der Waals surface area contributed by atoms with Gasteiger partial charge in [-0.1, -0.05) is 18.7 Å². The van der Waals surface area contributed by atoms with E-state index in [1.54, 1.807) is 20.8 Å². The Morgan fingerprint density at radius 3 is 2.53 bits per heavy atom. The summed E-state index contributed by atoms with van der Waals surface area (Å²) < 4.78 is 55.5. The standard InChI is InChI=1S/C24H26F4N6O3S/c1-12-22(2,34-21(29)38-23(12,3)20(36)33-13-4-5-13)15-8-14(6-7-16(15)25)32-19(35)17-9-31-18(10-30-17)37-11-24(26,27)28/h6-10,12-13H,4-5,11H2,1-3H3,(H2,29,34)(H,32,35)(H,33,36)/t12-,22-,23-/m0/s1. The van der Waals surface area contributed by atoms with E-state index in [2.05, 4.69) is 30.3 Å². The number of halogens is 4. The van der Waals surface area contributed by atoms with E-state index in [9.17, 15) is 22.8 Å². The van der Waals surface area contributed by atoms with E-state index in [4.69, 9.17) is 5.73 Å². The SMILES string of the molecule is C[C@@H]1[C@@](C)(C(=O)NC2CC2)SC(N)=N[C@]1(C)c1cc(NC(=O)c2cnc(OCC(F)(F)F)cn2)ccc1F. The third-order valence-electron chi connectivity index (χ3n) is 6.71. The molecule has 1 saturated carbocycles. The van der Waals surface area contributed by atoms with Gasteiger partial charge in [-0.15, -0.1) is 0 Å². The molecule has 0 radical (unpaired) electrons. The van der Waals surface area contributed by atoms with E-state index in [1.807, 2.05) is 0 Å². The number of hydrogen-bond acceptors (Lipinski definition) is 8. The van der Waals surface area contributed by atoms with Crippen molar-refractivity contribution in [3.63, 3.8) is 0 Å². The van der Waals surface area contributed by atoms with Crippen molar-refractivity contribution in [3.8, 4) is 5.88 Å². The fraction of sp³-hybridized carbons (Fsp3) is 0.458. The highest BCUT2D eigenvalue weighted by atomic mass is 32.2. The van der Waals surface area contributed by atoms with Crippen molar-refractivity contribution < 1.29 is 31.9 Å². The Morgan fingerprint density at radius 2 is 1.92 bits per heavy atom. The number of carbonyl (C=O) groups is 2. The first kappa shape index (κ1) is 27.6. The summed E-state index contributed by atoms with van der Waals surface area (Å²) in [4.78, 5) is 37.8. The van der Waals surface area contributed by atoms with Crippen LogP contribution in [0, 0.1) is 11.7 Å². The molecule has 3 atom stereocenters. The van der Waals surface area contributed by atoms with Gasteiger partial charge in [-0.2, -0.15) is 13.2 Å². The second-order valence-electron chi connectivity index (χ2n) is 9.57. The Bertz CT molecular complexity index is 1270. The van der Waals surface area contributed by atoms with Gasteiger partial charge in [0.25, 0.3) is 5.91 Å². The number of alkyl halides is 3. The number of aliphatic imine (C=N–C) groups is 1. The molecule has 0 spiro atoms. The lowest BCUT2D eigenvalue weighted by atomic mass is 9.73. The van der Waals surface area contributed by atoms with Gasteiger partial charge in [-0.25, -0.2) is 14.4 Å². The summed E-state index contributed by atoms with van der Waals surface area (Å²) in [6.07, 6.45) is -0.875. The van der Waals surface area contributed by atoms with Crippen molar-refractivity contribution in [2.75, 3.05) is 11.9 Å². The van der Waals surface area contributed by atoms with Crippen LogP contribution in [0.4, 0.5) is 23.2 Å². The van der Waals surface area contributed by atoms with Crippen LogP contribution in [-0.4, -0.2) is 50.5 Å². The number of nitrogens with two attached hydrogens (primary N) is 1. The van der Waals surface area contributed by atoms with Crippen molar-refractivity contribution in [1.82, 2.24) is 15.3 Å². The summed E-state index contributed by atoms with van der Waals surface area (Å²) in [6.45, 7) is 3.69. The van der Waals surface area contributed by atoms with Crippen LogP contribution in [0.5, 0.6) is 5.88 Å². The molecule has 9 nitrogen and oxygen atoms in total. The summed E-state index contributed by atoms with van der Waals surface area (Å²) in [5, 5.41) is 5.70. The molecular formula is C24H26F4N6O3S. The second kappa shape index (κ2) is 10.0. The first-order chi connectivity index (χ1) is 17.7. The molecule has 1 aromatic heterocycles. The van der Waals surface area contributed by atoms with Gasteiger partial charge in [0.2, 0.25) is 11.8 Å². The van der Waals surface area contributed by atoms with Crippen LogP contribution in [0.15, 0.2) is 35.6 Å². The zero-order valence-corrected chi connectivity index (χ0v) is 21.5. The lowest BCUT2D eigenvalue weighted by Crippen LogP contribution is -2.56. The van der Waals surface area contributed by atoms with E-state index in [0.29, 0.717) is 0 Å². The zero-order valence-electron chi connectivity index (χ0n) is 20.7. The Kier molecular flexibility index (Phi) is 7.30. The lowest BCUT2D eigenvalue weighted by molar-refractivity contribution is -0.154. The molecule has 204 valence electrons. The highest BCUT2D eigenvalue weighted by Gasteiger charge is 2.54. The first-order valence-electron chi connectivity index (χ1n) is 11.7. The molecule has 0 unspecified atom stereocenters. The van der Waals surface area contributed by atoms with Crippen molar-refractivity contribution in [2.24, 2.45) is 16.6 Å². The normalized spacial score (nSPS) is 25.3. The highest BCUT2D eigenvalue weighted by molar-refractivity contribution is 8.15. The van der Waals surface area contributed by atoms with Gasteiger partial charge in [0, 0.05) is 23.2 Å². The molecule has 1 aliphatic carbocycles. The number of aromatic nitrogens is 2. The maximum absolute atomic E-state index is 15.2. The number of rotatable bonds is 7. The van der Waals surface area contributed by atoms with Gasteiger partial charge in [-0.3, -0.25) is 14.6 Å². The lowest BCUT2D eigenvalue weighted by Gasteiger charge is -2.46. The molecule has 2 aliphatic rings. The molecular weight excluding hydrogens is 528 g/mol. The molecule has 4 rings (SSSR count). The number of benzene rings is 1. The number of nitrogens with zero attached hydrogens (tertiary/aromatic N) is 3. The summed E-state index contributed by atoms with van der Waals surface area (Å²) in [7, 11) is 0. The fourth-order valence-corrected chi connectivity index (χ4v) is 5.36. The number of nitrogens with one attached hydrogen (secondary N) is 2. The van der Waals surface area contributed by atoms with Crippen LogP contribution in [0.25, 0.3) is 0 Å². The number of hydrogen-bond donors (Lipinski definition) is 3. The van der Waals surface area contributed by atoms with Crippen LogP contribution in [0.3, 0.4) is 0 Å². The van der Waals surface area contributed by atoms with Crippen molar-refractivity contribution in [1.29, 1.82) is 0 Å². The molecule has 2 aromatic rings. The molecule has 0 bridgehead atoms. The van der Waals surface area contributed by atoms with Crippen molar-refractivity contribution in [2.45, 2.75) is 56.1 Å². The molecule has 38 heavy (non-hydrogen) atoms. The fourth-order valence-electron chi connectivity index (χ4n) is 4.13. The monoisotopic (exact) mass is 554 g/mol. The Balaban J connectivity index is 1.55. The number of amidine groups is 1. The van der Waals surface area contributed by atoms with E-state index >= 15 is 4.39 Å². The predicted octanol–water partition coefficient (Wildman–Crippen LogP) is 3.76. The van der Waals surface area contributed by atoms with E-state index < -0.39 is 46.6 Å². The summed E-state index contributed by atoms with van der Waals surface area (Å²) in [6, 6.07) is 4.03. The number of anilines is 1. The minimum atomic E-state index is -4.55. The van der Waals surface area contributed by atoms with Gasteiger partial charge in [-0.05, 0) is 44.9 Å². The molecule has 2 heterocycles. The van der Waals surface area contributed by atoms with Crippen LogP contribution < -0.4 is 21.1 Å². The zero-order chi connectivity index (χ0) is 27.9. The van der Waals surface area contributed by atoms with Gasteiger partial charge >= 0.3 is 6.18 Å². The van der Waals surface area contributed by atoms with Crippen LogP contribution in [0.2, 0.25) is 0 Å². The van der Waals surface area contributed by atoms with Crippen LogP contribution >= 0.6 is 11.8 Å². The number of carbonyl (C=O) groups excluding carboxylic acids is 2. The molecule has 1 fully saturated rings. The molecule has 0 saturated heterocycles. The summed E-state index contributed by atoms with van der Waals surface area (Å²) in [5.74, 6) is -2.43. The van der Waals surface area contributed by atoms with E-state index in [-0.39, 0.29) is 34.1 Å². The Labute approximate surface area is 220 Å².